The molecule has 0 fully saturated rings. The fourth-order valence-corrected chi connectivity index (χ4v) is 1.60. The molecule has 0 radical (unpaired) electrons. The quantitative estimate of drug-likeness (QED) is 0.806. The minimum Gasteiger partial charge on any atom is -0.491 e. The highest BCUT2D eigenvalue weighted by Crippen LogP contribution is 2.24. The molecule has 0 bridgehead atoms. The molecule has 16 heavy (non-hydrogen) atoms. The summed E-state index contributed by atoms with van der Waals surface area (Å²) in [5.74, 6) is -0.111. The lowest BCUT2D eigenvalue weighted by Gasteiger charge is -2.05. The van der Waals surface area contributed by atoms with E-state index in [9.17, 15) is 4.39 Å². The Morgan fingerprint density at radius 2 is 2.25 bits per heavy atom. The Morgan fingerprint density at radius 1 is 1.44 bits per heavy atom. The lowest BCUT2D eigenvalue weighted by molar-refractivity contribution is 0.321. The average Bonchev–Trinajstić information content (AvgIpc) is 2.68. The smallest absolute Gasteiger partial charge is 0.174 e. The standard InChI is InChI=1S/C11H11FN2OS/c1-2-15-10-4-3-7(5-8(10)12)9-6-13-11(16)14-9/h3-6H,2H2,1H3,(H2,13,14,16). The molecule has 1 aromatic heterocycles. The van der Waals surface area contributed by atoms with Gasteiger partial charge >= 0.3 is 0 Å². The predicted molar refractivity (Wildman–Crippen MR) is 62.5 cm³/mol. The number of aromatic nitrogens is 2. The van der Waals surface area contributed by atoms with Gasteiger partial charge in [-0.2, -0.15) is 0 Å². The van der Waals surface area contributed by atoms with Crippen LogP contribution in [0.3, 0.4) is 0 Å². The minimum absolute atomic E-state index is 0.264. The van der Waals surface area contributed by atoms with Crippen molar-refractivity contribution in [1.29, 1.82) is 0 Å². The van der Waals surface area contributed by atoms with E-state index in [0.29, 0.717) is 11.4 Å². The first-order chi connectivity index (χ1) is 7.70. The van der Waals surface area contributed by atoms with E-state index < -0.39 is 0 Å². The molecule has 2 aromatic rings. The van der Waals surface area contributed by atoms with E-state index in [2.05, 4.69) is 9.97 Å². The number of H-pyrrole nitrogens is 2. The van der Waals surface area contributed by atoms with Gasteiger partial charge in [0.15, 0.2) is 16.3 Å². The predicted octanol–water partition coefficient (Wildman–Crippen LogP) is 3.28. The van der Waals surface area contributed by atoms with Gasteiger partial charge in [-0.25, -0.2) is 4.39 Å². The SMILES string of the molecule is CCOc1ccc(-c2c[nH]c(=S)[nH]2)cc1F. The Kier molecular flexibility index (Phi) is 3.05. The molecule has 0 aliphatic rings. The average molecular weight is 238 g/mol. The van der Waals surface area contributed by atoms with Crippen molar-refractivity contribution >= 4 is 12.2 Å². The van der Waals surface area contributed by atoms with Crippen molar-refractivity contribution < 1.29 is 9.13 Å². The summed E-state index contributed by atoms with van der Waals surface area (Å²) in [6, 6.07) is 4.81. The Bertz CT molecular complexity index is 547. The molecule has 84 valence electrons. The van der Waals surface area contributed by atoms with Crippen LogP contribution in [0.5, 0.6) is 5.75 Å². The molecule has 3 nitrogen and oxygen atoms in total. The van der Waals surface area contributed by atoms with Crippen LogP contribution in [0.2, 0.25) is 0 Å². The van der Waals surface area contributed by atoms with Crippen LogP contribution in [-0.2, 0) is 0 Å². The van der Waals surface area contributed by atoms with Gasteiger partial charge in [0, 0.05) is 11.8 Å². The molecule has 0 atom stereocenters. The number of hydrogen-bond acceptors (Lipinski definition) is 2. The van der Waals surface area contributed by atoms with Crippen molar-refractivity contribution in [2.24, 2.45) is 0 Å². The number of benzene rings is 1. The molecule has 1 aromatic carbocycles. The molecule has 0 saturated heterocycles. The Labute approximate surface area is 97.3 Å². The van der Waals surface area contributed by atoms with Crippen molar-refractivity contribution in [3.8, 4) is 17.0 Å². The van der Waals surface area contributed by atoms with E-state index >= 15 is 0 Å². The molecule has 2 rings (SSSR count). The van der Waals surface area contributed by atoms with E-state index in [1.54, 1.807) is 18.3 Å². The molecular formula is C11H11FN2OS. The second kappa shape index (κ2) is 4.49. The number of nitrogens with one attached hydrogen (secondary N) is 2. The van der Waals surface area contributed by atoms with Gasteiger partial charge in [0.05, 0.1) is 12.3 Å². The maximum absolute atomic E-state index is 13.6. The van der Waals surface area contributed by atoms with Crippen LogP contribution in [0.25, 0.3) is 11.3 Å². The first-order valence-electron chi connectivity index (χ1n) is 4.91. The lowest BCUT2D eigenvalue weighted by atomic mass is 10.1. The number of ether oxygens (including phenoxy) is 1. The van der Waals surface area contributed by atoms with Crippen LogP contribution in [-0.4, -0.2) is 16.6 Å². The zero-order valence-corrected chi connectivity index (χ0v) is 9.53. The highest BCUT2D eigenvalue weighted by Gasteiger charge is 2.06. The van der Waals surface area contributed by atoms with Gasteiger partial charge in [0.25, 0.3) is 0 Å². The van der Waals surface area contributed by atoms with Crippen molar-refractivity contribution in [3.63, 3.8) is 0 Å². The summed E-state index contributed by atoms with van der Waals surface area (Å²) >= 11 is 4.90. The molecular weight excluding hydrogens is 227 g/mol. The molecule has 0 spiro atoms. The molecule has 2 N–H and O–H groups in total. The Balaban J connectivity index is 2.37. The van der Waals surface area contributed by atoms with Crippen LogP contribution >= 0.6 is 12.2 Å². The van der Waals surface area contributed by atoms with Gasteiger partial charge in [0.1, 0.15) is 0 Å². The topological polar surface area (TPSA) is 40.8 Å². The van der Waals surface area contributed by atoms with Crippen LogP contribution < -0.4 is 4.74 Å². The van der Waals surface area contributed by atoms with E-state index in [4.69, 9.17) is 17.0 Å². The number of rotatable bonds is 3. The van der Waals surface area contributed by atoms with E-state index in [1.165, 1.54) is 6.07 Å². The molecule has 1 heterocycles. The van der Waals surface area contributed by atoms with E-state index in [1.807, 2.05) is 6.92 Å². The molecule has 5 heteroatoms. The summed E-state index contributed by atoms with van der Waals surface area (Å²) in [5, 5.41) is 0. The van der Waals surface area contributed by atoms with Gasteiger partial charge in [0.2, 0.25) is 0 Å². The second-order valence-corrected chi connectivity index (χ2v) is 3.64. The maximum Gasteiger partial charge on any atom is 0.174 e. The van der Waals surface area contributed by atoms with Gasteiger partial charge in [-0.15, -0.1) is 0 Å². The first kappa shape index (κ1) is 10.9. The van der Waals surface area contributed by atoms with Crippen LogP contribution in [0.1, 0.15) is 6.92 Å². The van der Waals surface area contributed by atoms with E-state index in [-0.39, 0.29) is 11.6 Å². The summed E-state index contributed by atoms with van der Waals surface area (Å²) in [4.78, 5) is 5.75. The number of aromatic amines is 2. The monoisotopic (exact) mass is 238 g/mol. The fourth-order valence-electron chi connectivity index (χ4n) is 1.43. The summed E-state index contributed by atoms with van der Waals surface area (Å²) in [6.07, 6.45) is 1.71. The van der Waals surface area contributed by atoms with Crippen molar-refractivity contribution in [1.82, 2.24) is 9.97 Å². The van der Waals surface area contributed by atoms with Gasteiger partial charge in [-0.1, -0.05) is 0 Å². The minimum atomic E-state index is -0.375. The molecule has 0 aliphatic heterocycles. The van der Waals surface area contributed by atoms with Crippen molar-refractivity contribution in [3.05, 3.63) is 35.0 Å². The van der Waals surface area contributed by atoms with Gasteiger partial charge < -0.3 is 14.7 Å². The molecule has 0 saturated carbocycles. The largest absolute Gasteiger partial charge is 0.491 e. The third-order valence-electron chi connectivity index (χ3n) is 2.14. The highest BCUT2D eigenvalue weighted by atomic mass is 32.1. The lowest BCUT2D eigenvalue weighted by Crippen LogP contribution is -1.94. The van der Waals surface area contributed by atoms with Gasteiger partial charge in [-0.3, -0.25) is 0 Å². The summed E-state index contributed by atoms with van der Waals surface area (Å²) < 4.78 is 19.2. The fraction of sp³-hybridized carbons (Fsp3) is 0.182. The number of hydrogen-bond donors (Lipinski definition) is 2. The Morgan fingerprint density at radius 3 is 2.81 bits per heavy atom. The second-order valence-electron chi connectivity index (χ2n) is 3.23. The zero-order chi connectivity index (χ0) is 11.5. The van der Waals surface area contributed by atoms with Gasteiger partial charge in [-0.05, 0) is 37.3 Å². The third-order valence-corrected chi connectivity index (χ3v) is 2.36. The Hall–Kier alpha value is -1.62. The van der Waals surface area contributed by atoms with Crippen molar-refractivity contribution in [2.45, 2.75) is 6.92 Å². The first-order valence-corrected chi connectivity index (χ1v) is 5.32. The molecule has 0 unspecified atom stereocenters. The summed E-state index contributed by atoms with van der Waals surface area (Å²) in [6.45, 7) is 2.26. The zero-order valence-electron chi connectivity index (χ0n) is 8.71. The van der Waals surface area contributed by atoms with Crippen LogP contribution in [0.15, 0.2) is 24.4 Å². The summed E-state index contributed by atoms with van der Waals surface area (Å²) in [7, 11) is 0. The highest BCUT2D eigenvalue weighted by molar-refractivity contribution is 7.71. The molecule has 0 amide bonds. The van der Waals surface area contributed by atoms with Crippen LogP contribution in [0, 0.1) is 10.6 Å². The van der Waals surface area contributed by atoms with Crippen molar-refractivity contribution in [2.75, 3.05) is 6.61 Å². The summed E-state index contributed by atoms with van der Waals surface area (Å²) in [5.41, 5.74) is 1.49. The van der Waals surface area contributed by atoms with E-state index in [0.717, 1.165) is 11.3 Å². The number of halogens is 1. The third kappa shape index (κ3) is 2.14. The van der Waals surface area contributed by atoms with Crippen LogP contribution in [0.4, 0.5) is 4.39 Å². The maximum atomic E-state index is 13.6. The molecule has 0 aliphatic carbocycles. The normalized spacial score (nSPS) is 10.4. The number of imidazole rings is 1.